The third-order valence-corrected chi connectivity index (χ3v) is 6.25. The second-order valence-corrected chi connectivity index (χ2v) is 8.70. The summed E-state index contributed by atoms with van der Waals surface area (Å²) < 4.78 is 5.23. The van der Waals surface area contributed by atoms with Gasteiger partial charge in [-0.15, -0.1) is 0 Å². The smallest absolute Gasteiger partial charge is 0.251 e. The number of benzene rings is 2. The van der Waals surface area contributed by atoms with Gasteiger partial charge in [0.25, 0.3) is 5.91 Å². The Balaban J connectivity index is 1.42. The van der Waals surface area contributed by atoms with Crippen LogP contribution in [-0.4, -0.2) is 50.1 Å². The maximum absolute atomic E-state index is 12.6. The van der Waals surface area contributed by atoms with E-state index in [1.807, 2.05) is 24.3 Å². The SMILES string of the molecule is CCN(c1ccc(C(=O)NCC2CCN(Cc3ccc(OC)cc3)CC2)cc1)C(C)C. The van der Waals surface area contributed by atoms with Crippen LogP contribution in [0.2, 0.25) is 0 Å². The number of piperidine rings is 1. The molecule has 0 atom stereocenters. The summed E-state index contributed by atoms with van der Waals surface area (Å²) in [5.41, 5.74) is 3.22. The molecule has 2 aromatic carbocycles. The van der Waals surface area contributed by atoms with Crippen molar-refractivity contribution in [3.8, 4) is 5.75 Å². The fourth-order valence-electron chi connectivity index (χ4n) is 4.33. The van der Waals surface area contributed by atoms with E-state index in [1.54, 1.807) is 7.11 Å². The van der Waals surface area contributed by atoms with Crippen molar-refractivity contribution in [3.05, 3.63) is 59.7 Å². The molecule has 1 fully saturated rings. The summed E-state index contributed by atoms with van der Waals surface area (Å²) in [6, 6.07) is 16.7. The second kappa shape index (κ2) is 11.2. The van der Waals surface area contributed by atoms with Gasteiger partial charge in [0.2, 0.25) is 0 Å². The van der Waals surface area contributed by atoms with Gasteiger partial charge in [-0.3, -0.25) is 9.69 Å². The lowest BCUT2D eigenvalue weighted by Gasteiger charge is -2.32. The first kappa shape index (κ1) is 23.1. The summed E-state index contributed by atoms with van der Waals surface area (Å²) in [7, 11) is 1.69. The van der Waals surface area contributed by atoms with Crippen molar-refractivity contribution in [2.75, 3.05) is 38.2 Å². The minimum absolute atomic E-state index is 0.0276. The number of anilines is 1. The molecule has 1 saturated heterocycles. The fourth-order valence-corrected chi connectivity index (χ4v) is 4.33. The lowest BCUT2D eigenvalue weighted by atomic mass is 9.96. The number of amides is 1. The van der Waals surface area contributed by atoms with Gasteiger partial charge in [0, 0.05) is 36.9 Å². The minimum atomic E-state index is 0.0276. The topological polar surface area (TPSA) is 44.8 Å². The van der Waals surface area contributed by atoms with E-state index in [-0.39, 0.29) is 5.91 Å². The van der Waals surface area contributed by atoms with Gasteiger partial charge < -0.3 is 15.0 Å². The van der Waals surface area contributed by atoms with E-state index < -0.39 is 0 Å². The molecule has 0 aromatic heterocycles. The van der Waals surface area contributed by atoms with Crippen molar-refractivity contribution in [1.82, 2.24) is 10.2 Å². The molecule has 31 heavy (non-hydrogen) atoms. The molecular weight excluding hydrogens is 386 g/mol. The summed E-state index contributed by atoms with van der Waals surface area (Å²) in [6.45, 7) is 11.4. The molecule has 5 nitrogen and oxygen atoms in total. The summed E-state index contributed by atoms with van der Waals surface area (Å²) in [5.74, 6) is 1.47. The van der Waals surface area contributed by atoms with Gasteiger partial charge in [-0.1, -0.05) is 12.1 Å². The van der Waals surface area contributed by atoms with Gasteiger partial charge in [-0.25, -0.2) is 0 Å². The van der Waals surface area contributed by atoms with Gasteiger partial charge in [-0.2, -0.15) is 0 Å². The average Bonchev–Trinajstić information content (AvgIpc) is 2.79. The molecule has 5 heteroatoms. The molecule has 3 rings (SSSR count). The van der Waals surface area contributed by atoms with Crippen LogP contribution in [-0.2, 0) is 6.54 Å². The average molecular weight is 424 g/mol. The van der Waals surface area contributed by atoms with Crippen LogP contribution in [0.5, 0.6) is 5.75 Å². The van der Waals surface area contributed by atoms with E-state index in [2.05, 4.69) is 60.2 Å². The quantitative estimate of drug-likeness (QED) is 0.642. The van der Waals surface area contributed by atoms with Gasteiger partial charge in [0.1, 0.15) is 5.75 Å². The summed E-state index contributed by atoms with van der Waals surface area (Å²) in [6.07, 6.45) is 2.24. The van der Waals surface area contributed by atoms with Crippen molar-refractivity contribution >= 4 is 11.6 Å². The molecule has 0 spiro atoms. The lowest BCUT2D eigenvalue weighted by Crippen LogP contribution is -2.38. The first-order chi connectivity index (χ1) is 15.0. The standard InChI is InChI=1S/C26H37N3O2/c1-5-29(20(2)3)24-10-8-23(9-11-24)26(30)27-18-21-14-16-28(17-15-21)19-22-6-12-25(31-4)13-7-22/h6-13,20-21H,5,14-19H2,1-4H3,(H,27,30). The third kappa shape index (κ3) is 6.47. The lowest BCUT2D eigenvalue weighted by molar-refractivity contribution is 0.0935. The zero-order chi connectivity index (χ0) is 22.2. The second-order valence-electron chi connectivity index (χ2n) is 8.70. The number of ether oxygens (including phenoxy) is 1. The molecule has 1 aliphatic rings. The van der Waals surface area contributed by atoms with E-state index in [4.69, 9.17) is 4.74 Å². The Kier molecular flexibility index (Phi) is 8.35. The van der Waals surface area contributed by atoms with Gasteiger partial charge in [0.15, 0.2) is 0 Å². The van der Waals surface area contributed by atoms with Crippen molar-refractivity contribution in [2.24, 2.45) is 5.92 Å². The van der Waals surface area contributed by atoms with E-state index in [0.29, 0.717) is 12.0 Å². The number of likely N-dealkylation sites (tertiary alicyclic amines) is 1. The van der Waals surface area contributed by atoms with E-state index in [1.165, 1.54) is 11.3 Å². The summed E-state index contributed by atoms with van der Waals surface area (Å²) >= 11 is 0. The molecule has 1 amide bonds. The first-order valence-corrected chi connectivity index (χ1v) is 11.5. The zero-order valence-electron chi connectivity index (χ0n) is 19.4. The van der Waals surface area contributed by atoms with Crippen LogP contribution >= 0.6 is 0 Å². The number of nitrogens with one attached hydrogen (secondary N) is 1. The Labute approximate surface area is 187 Å². The molecule has 1 N–H and O–H groups in total. The van der Waals surface area contributed by atoms with Crippen LogP contribution in [0.3, 0.4) is 0 Å². The summed E-state index contributed by atoms with van der Waals surface area (Å²) in [4.78, 5) is 17.4. The van der Waals surface area contributed by atoms with E-state index in [9.17, 15) is 4.79 Å². The largest absolute Gasteiger partial charge is 0.497 e. The highest BCUT2D eigenvalue weighted by atomic mass is 16.5. The number of hydrogen-bond donors (Lipinski definition) is 1. The maximum atomic E-state index is 12.6. The number of hydrogen-bond acceptors (Lipinski definition) is 4. The molecule has 0 saturated carbocycles. The Morgan fingerprint density at radius 3 is 2.29 bits per heavy atom. The highest BCUT2D eigenvalue weighted by Gasteiger charge is 2.20. The number of methoxy groups -OCH3 is 1. The monoisotopic (exact) mass is 423 g/mol. The van der Waals surface area contributed by atoms with Gasteiger partial charge in [0.05, 0.1) is 7.11 Å². The first-order valence-electron chi connectivity index (χ1n) is 11.5. The van der Waals surface area contributed by atoms with Crippen LogP contribution in [0.25, 0.3) is 0 Å². The molecule has 1 heterocycles. The highest BCUT2D eigenvalue weighted by molar-refractivity contribution is 5.94. The molecule has 1 aliphatic heterocycles. The minimum Gasteiger partial charge on any atom is -0.497 e. The molecule has 0 bridgehead atoms. The van der Waals surface area contributed by atoms with Crippen LogP contribution in [0, 0.1) is 5.92 Å². The number of carbonyl (C=O) groups is 1. The number of rotatable bonds is 9. The van der Waals surface area contributed by atoms with Crippen LogP contribution < -0.4 is 15.0 Å². The van der Waals surface area contributed by atoms with Crippen molar-refractivity contribution in [2.45, 2.75) is 46.2 Å². The third-order valence-electron chi connectivity index (χ3n) is 6.25. The molecule has 2 aromatic rings. The van der Waals surface area contributed by atoms with Crippen molar-refractivity contribution in [1.29, 1.82) is 0 Å². The molecule has 0 radical (unpaired) electrons. The van der Waals surface area contributed by atoms with Crippen LogP contribution in [0.4, 0.5) is 5.69 Å². The fraction of sp³-hybridized carbons (Fsp3) is 0.500. The van der Waals surface area contributed by atoms with Crippen LogP contribution in [0.15, 0.2) is 48.5 Å². The molecule has 168 valence electrons. The molecular formula is C26H37N3O2. The van der Waals surface area contributed by atoms with Gasteiger partial charge in [-0.05, 0) is 94.6 Å². The Bertz CT molecular complexity index is 810. The number of nitrogens with zero attached hydrogens (tertiary/aromatic N) is 2. The van der Waals surface area contributed by atoms with E-state index in [0.717, 1.165) is 56.9 Å². The van der Waals surface area contributed by atoms with Gasteiger partial charge >= 0.3 is 0 Å². The molecule has 0 aliphatic carbocycles. The Hall–Kier alpha value is -2.53. The van der Waals surface area contributed by atoms with Crippen molar-refractivity contribution < 1.29 is 9.53 Å². The predicted molar refractivity (Wildman–Crippen MR) is 128 cm³/mol. The van der Waals surface area contributed by atoms with E-state index >= 15 is 0 Å². The van der Waals surface area contributed by atoms with Crippen molar-refractivity contribution in [3.63, 3.8) is 0 Å². The Morgan fingerprint density at radius 2 is 1.74 bits per heavy atom. The molecule has 0 unspecified atom stereocenters. The highest BCUT2D eigenvalue weighted by Crippen LogP contribution is 2.21. The predicted octanol–water partition coefficient (Wildman–Crippen LogP) is 4.57. The normalized spacial score (nSPS) is 15.1. The number of carbonyl (C=O) groups excluding carboxylic acids is 1. The Morgan fingerprint density at radius 1 is 1.10 bits per heavy atom. The van der Waals surface area contributed by atoms with Crippen LogP contribution in [0.1, 0.15) is 49.5 Å². The maximum Gasteiger partial charge on any atom is 0.251 e. The summed E-state index contributed by atoms with van der Waals surface area (Å²) in [5, 5.41) is 3.15. The zero-order valence-corrected chi connectivity index (χ0v) is 19.4.